The Kier molecular flexibility index (Phi) is 4.46. The van der Waals surface area contributed by atoms with E-state index in [4.69, 9.17) is 0 Å². The van der Waals surface area contributed by atoms with Gasteiger partial charge < -0.3 is 4.57 Å². The molecule has 2 nitrogen and oxygen atoms in total. The number of halogens is 1. The highest BCUT2D eigenvalue weighted by Crippen LogP contribution is 2.20. The number of hydrogen-bond donors (Lipinski definition) is 0. The van der Waals surface area contributed by atoms with E-state index in [-0.39, 0.29) is 0 Å². The SMILES string of the molecule is Cc1nc(Br)c(CCc2ccc(C(C)C)cc2)n1C. The number of hydrogen-bond acceptors (Lipinski definition) is 1. The molecule has 2 aromatic rings. The Morgan fingerprint density at radius 1 is 1.16 bits per heavy atom. The van der Waals surface area contributed by atoms with Crippen LogP contribution in [0.4, 0.5) is 0 Å². The highest BCUT2D eigenvalue weighted by atomic mass is 79.9. The molecule has 19 heavy (non-hydrogen) atoms. The van der Waals surface area contributed by atoms with Crippen LogP contribution in [0.25, 0.3) is 0 Å². The first-order chi connectivity index (χ1) is 8.99. The summed E-state index contributed by atoms with van der Waals surface area (Å²) < 4.78 is 3.14. The van der Waals surface area contributed by atoms with Crippen LogP contribution in [0.15, 0.2) is 28.9 Å². The average molecular weight is 321 g/mol. The Morgan fingerprint density at radius 3 is 2.26 bits per heavy atom. The van der Waals surface area contributed by atoms with Crippen molar-refractivity contribution in [2.24, 2.45) is 7.05 Å². The lowest BCUT2D eigenvalue weighted by atomic mass is 10.00. The number of rotatable bonds is 4. The van der Waals surface area contributed by atoms with E-state index in [1.54, 1.807) is 0 Å². The Labute approximate surface area is 124 Å². The monoisotopic (exact) mass is 320 g/mol. The molecule has 1 heterocycles. The van der Waals surface area contributed by atoms with Crippen LogP contribution < -0.4 is 0 Å². The van der Waals surface area contributed by atoms with Crippen molar-refractivity contribution in [3.63, 3.8) is 0 Å². The van der Waals surface area contributed by atoms with E-state index in [0.29, 0.717) is 5.92 Å². The summed E-state index contributed by atoms with van der Waals surface area (Å²) in [7, 11) is 2.07. The Hall–Kier alpha value is -1.09. The van der Waals surface area contributed by atoms with E-state index >= 15 is 0 Å². The Morgan fingerprint density at radius 2 is 1.79 bits per heavy atom. The molecular weight excluding hydrogens is 300 g/mol. The van der Waals surface area contributed by atoms with Gasteiger partial charge in [-0.1, -0.05) is 38.1 Å². The summed E-state index contributed by atoms with van der Waals surface area (Å²) in [6, 6.07) is 8.96. The van der Waals surface area contributed by atoms with Gasteiger partial charge in [0.25, 0.3) is 0 Å². The first-order valence-electron chi connectivity index (χ1n) is 6.75. The normalized spacial score (nSPS) is 11.3. The molecule has 0 aliphatic heterocycles. The maximum absolute atomic E-state index is 4.44. The molecule has 0 spiro atoms. The molecule has 1 aromatic heterocycles. The molecule has 0 aliphatic carbocycles. The zero-order valence-corrected chi connectivity index (χ0v) is 13.7. The number of aryl methyl sites for hydroxylation is 2. The molecule has 0 unspecified atom stereocenters. The second-order valence-electron chi connectivity index (χ2n) is 5.35. The van der Waals surface area contributed by atoms with Crippen molar-refractivity contribution < 1.29 is 0 Å². The largest absolute Gasteiger partial charge is 0.334 e. The second kappa shape index (κ2) is 5.91. The minimum Gasteiger partial charge on any atom is -0.334 e. The van der Waals surface area contributed by atoms with Gasteiger partial charge in [0.1, 0.15) is 10.4 Å². The minimum atomic E-state index is 0.600. The number of aromatic nitrogens is 2. The fraction of sp³-hybridized carbons (Fsp3) is 0.438. The summed E-state index contributed by atoms with van der Waals surface area (Å²) in [4.78, 5) is 4.44. The summed E-state index contributed by atoms with van der Waals surface area (Å²) >= 11 is 3.54. The van der Waals surface area contributed by atoms with Crippen molar-refractivity contribution in [1.29, 1.82) is 0 Å². The number of nitrogens with zero attached hydrogens (tertiary/aromatic N) is 2. The minimum absolute atomic E-state index is 0.600. The average Bonchev–Trinajstić information content (AvgIpc) is 2.62. The van der Waals surface area contributed by atoms with Crippen LogP contribution in [-0.2, 0) is 19.9 Å². The van der Waals surface area contributed by atoms with E-state index in [9.17, 15) is 0 Å². The molecule has 2 rings (SSSR count). The smallest absolute Gasteiger partial charge is 0.127 e. The second-order valence-corrected chi connectivity index (χ2v) is 6.10. The van der Waals surface area contributed by atoms with Crippen LogP contribution in [0.1, 0.15) is 42.4 Å². The van der Waals surface area contributed by atoms with Crippen LogP contribution in [0.5, 0.6) is 0 Å². The Bertz CT molecular complexity index is 553. The molecule has 0 bridgehead atoms. The van der Waals surface area contributed by atoms with Crippen LogP contribution >= 0.6 is 15.9 Å². The molecule has 0 atom stereocenters. The molecule has 0 amide bonds. The van der Waals surface area contributed by atoms with E-state index in [2.05, 4.69) is 70.6 Å². The quantitative estimate of drug-likeness (QED) is 0.816. The van der Waals surface area contributed by atoms with Gasteiger partial charge in [-0.2, -0.15) is 0 Å². The molecule has 0 saturated heterocycles. The summed E-state index contributed by atoms with van der Waals surface area (Å²) in [5.74, 6) is 1.65. The van der Waals surface area contributed by atoms with Gasteiger partial charge in [0.2, 0.25) is 0 Å². The highest BCUT2D eigenvalue weighted by molar-refractivity contribution is 9.10. The lowest BCUT2D eigenvalue weighted by Crippen LogP contribution is -2.01. The van der Waals surface area contributed by atoms with Crippen LogP contribution in [0.3, 0.4) is 0 Å². The van der Waals surface area contributed by atoms with Gasteiger partial charge in [-0.25, -0.2) is 4.98 Å². The van der Waals surface area contributed by atoms with E-state index in [1.165, 1.54) is 16.8 Å². The molecule has 3 heteroatoms. The third-order valence-corrected chi connectivity index (χ3v) is 4.32. The standard InChI is InChI=1S/C16H21BrN2/c1-11(2)14-8-5-13(6-9-14)7-10-15-16(17)18-12(3)19(15)4/h5-6,8-9,11H,7,10H2,1-4H3. The first-order valence-corrected chi connectivity index (χ1v) is 7.55. The van der Waals surface area contributed by atoms with E-state index in [1.807, 2.05) is 6.92 Å². The fourth-order valence-corrected chi connectivity index (χ4v) is 2.94. The molecule has 102 valence electrons. The van der Waals surface area contributed by atoms with E-state index in [0.717, 1.165) is 23.3 Å². The summed E-state index contributed by atoms with van der Waals surface area (Å²) in [5, 5.41) is 0. The van der Waals surface area contributed by atoms with Crippen molar-refractivity contribution >= 4 is 15.9 Å². The third-order valence-electron chi connectivity index (χ3n) is 3.69. The number of imidazole rings is 1. The Balaban J connectivity index is 2.06. The fourth-order valence-electron chi connectivity index (χ4n) is 2.22. The van der Waals surface area contributed by atoms with E-state index < -0.39 is 0 Å². The first kappa shape index (κ1) is 14.3. The third kappa shape index (κ3) is 3.27. The predicted octanol–water partition coefficient (Wildman–Crippen LogP) is 4.40. The molecule has 0 aliphatic rings. The van der Waals surface area contributed by atoms with Crippen molar-refractivity contribution in [2.75, 3.05) is 0 Å². The zero-order valence-electron chi connectivity index (χ0n) is 12.1. The van der Waals surface area contributed by atoms with Gasteiger partial charge >= 0.3 is 0 Å². The van der Waals surface area contributed by atoms with Gasteiger partial charge in [0.05, 0.1) is 5.69 Å². The van der Waals surface area contributed by atoms with Gasteiger partial charge in [-0.3, -0.25) is 0 Å². The molecule has 0 fully saturated rings. The summed E-state index contributed by atoms with van der Waals surface area (Å²) in [5.41, 5.74) is 4.06. The molecule has 0 N–H and O–H groups in total. The van der Waals surface area contributed by atoms with Crippen molar-refractivity contribution in [2.45, 2.75) is 39.5 Å². The predicted molar refractivity (Wildman–Crippen MR) is 83.6 cm³/mol. The lowest BCUT2D eigenvalue weighted by Gasteiger charge is -2.08. The summed E-state index contributed by atoms with van der Waals surface area (Å²) in [6.45, 7) is 6.49. The van der Waals surface area contributed by atoms with Gasteiger partial charge in [-0.05, 0) is 52.7 Å². The van der Waals surface area contributed by atoms with Gasteiger partial charge in [0.15, 0.2) is 0 Å². The number of benzene rings is 1. The summed E-state index contributed by atoms with van der Waals surface area (Å²) in [6.07, 6.45) is 2.06. The van der Waals surface area contributed by atoms with Gasteiger partial charge in [-0.15, -0.1) is 0 Å². The maximum Gasteiger partial charge on any atom is 0.127 e. The maximum atomic E-state index is 4.44. The van der Waals surface area contributed by atoms with Crippen molar-refractivity contribution in [1.82, 2.24) is 9.55 Å². The lowest BCUT2D eigenvalue weighted by molar-refractivity contribution is 0.770. The molecule has 0 saturated carbocycles. The zero-order chi connectivity index (χ0) is 14.0. The van der Waals surface area contributed by atoms with Crippen LogP contribution in [0, 0.1) is 6.92 Å². The van der Waals surface area contributed by atoms with Gasteiger partial charge in [0, 0.05) is 7.05 Å². The van der Waals surface area contributed by atoms with Crippen molar-refractivity contribution in [3.05, 3.63) is 51.5 Å². The molecular formula is C16H21BrN2. The topological polar surface area (TPSA) is 17.8 Å². The van der Waals surface area contributed by atoms with Crippen LogP contribution in [0.2, 0.25) is 0 Å². The molecule has 0 radical (unpaired) electrons. The van der Waals surface area contributed by atoms with Crippen molar-refractivity contribution in [3.8, 4) is 0 Å². The molecule has 1 aromatic carbocycles. The van der Waals surface area contributed by atoms with Crippen LogP contribution in [-0.4, -0.2) is 9.55 Å². The highest BCUT2D eigenvalue weighted by Gasteiger charge is 2.09.